The number of aryl methyl sites for hydroxylation is 2. The van der Waals surface area contributed by atoms with Crippen LogP contribution in [-0.2, 0) is 0 Å². The average molecular weight is 361 g/mol. The zero-order valence-electron chi connectivity index (χ0n) is 13.1. The van der Waals surface area contributed by atoms with Crippen LogP contribution in [0.5, 0.6) is 0 Å². The first-order valence-corrected chi connectivity index (χ1v) is 8.44. The fourth-order valence-corrected chi connectivity index (χ4v) is 3.32. The Kier molecular flexibility index (Phi) is 4.64. The second kappa shape index (κ2) is 6.71. The van der Waals surface area contributed by atoms with E-state index in [1.807, 2.05) is 12.1 Å². The lowest BCUT2D eigenvalue weighted by molar-refractivity contribution is 0.102. The van der Waals surface area contributed by atoms with Crippen molar-refractivity contribution in [3.05, 3.63) is 69.4 Å². The molecule has 3 rings (SSSR count). The van der Waals surface area contributed by atoms with Crippen LogP contribution < -0.4 is 5.32 Å². The summed E-state index contributed by atoms with van der Waals surface area (Å²) in [5.74, 6) is -0.823. The number of carbonyl (C=O) groups excluding carboxylic acids is 1. The summed E-state index contributed by atoms with van der Waals surface area (Å²) in [6.07, 6.45) is 0. The number of thiazole rings is 1. The first-order valence-electron chi connectivity index (χ1n) is 7.25. The number of nitrogens with zero attached hydrogens (tertiary/aromatic N) is 1. The van der Waals surface area contributed by atoms with E-state index in [-0.39, 0.29) is 11.6 Å². The summed E-state index contributed by atoms with van der Waals surface area (Å²) < 4.78 is 13.9. The van der Waals surface area contributed by atoms with Crippen molar-refractivity contribution in [2.75, 3.05) is 5.32 Å². The molecule has 0 saturated heterocycles. The van der Waals surface area contributed by atoms with E-state index < -0.39 is 5.82 Å². The van der Waals surface area contributed by atoms with E-state index in [0.717, 1.165) is 16.1 Å². The Hall–Kier alpha value is -2.24. The largest absolute Gasteiger partial charge is 0.319 e. The Balaban J connectivity index is 1.86. The smallest absolute Gasteiger partial charge is 0.267 e. The van der Waals surface area contributed by atoms with Crippen LogP contribution in [0.3, 0.4) is 0 Å². The normalized spacial score (nSPS) is 10.7. The van der Waals surface area contributed by atoms with Crippen molar-refractivity contribution in [1.82, 2.24) is 4.98 Å². The maximum atomic E-state index is 13.9. The van der Waals surface area contributed by atoms with Crippen molar-refractivity contribution in [1.29, 1.82) is 0 Å². The number of rotatable bonds is 3. The Morgan fingerprint density at radius 1 is 1.17 bits per heavy atom. The van der Waals surface area contributed by atoms with Gasteiger partial charge in [0.1, 0.15) is 15.7 Å². The highest BCUT2D eigenvalue weighted by atomic mass is 35.5. The molecule has 3 aromatic rings. The summed E-state index contributed by atoms with van der Waals surface area (Å²) in [7, 11) is 0. The van der Waals surface area contributed by atoms with Gasteiger partial charge in [0.15, 0.2) is 0 Å². The van der Waals surface area contributed by atoms with Crippen molar-refractivity contribution in [3.63, 3.8) is 0 Å². The molecule has 6 heteroatoms. The predicted molar refractivity (Wildman–Crippen MR) is 96.4 cm³/mol. The Labute approximate surface area is 148 Å². The number of nitrogens with one attached hydrogen (secondary N) is 1. The number of amides is 1. The molecule has 1 aromatic heterocycles. The summed E-state index contributed by atoms with van der Waals surface area (Å²) in [4.78, 5) is 17.3. The molecule has 0 radical (unpaired) electrons. The fourth-order valence-electron chi connectivity index (χ4n) is 2.22. The van der Waals surface area contributed by atoms with Crippen LogP contribution in [0.4, 0.5) is 10.1 Å². The topological polar surface area (TPSA) is 42.0 Å². The number of anilines is 1. The van der Waals surface area contributed by atoms with Crippen molar-refractivity contribution < 1.29 is 9.18 Å². The van der Waals surface area contributed by atoms with Crippen molar-refractivity contribution in [2.45, 2.75) is 13.8 Å². The fraction of sp³-hybridized carbons (Fsp3) is 0.111. The summed E-state index contributed by atoms with van der Waals surface area (Å²) in [6, 6.07) is 11.9. The third-order valence-electron chi connectivity index (χ3n) is 3.47. The zero-order valence-corrected chi connectivity index (χ0v) is 14.6. The van der Waals surface area contributed by atoms with Crippen LogP contribution in [0.1, 0.15) is 20.9 Å². The predicted octanol–water partition coefficient (Wildman–Crippen LogP) is 5.47. The first kappa shape index (κ1) is 16.6. The number of aromatic nitrogens is 1. The molecule has 1 N–H and O–H groups in total. The molecule has 3 nitrogen and oxygen atoms in total. The third-order valence-corrected chi connectivity index (χ3v) is 4.92. The van der Waals surface area contributed by atoms with Crippen LogP contribution in [0.15, 0.2) is 42.5 Å². The highest BCUT2D eigenvalue weighted by Gasteiger charge is 2.17. The van der Waals surface area contributed by atoms with Gasteiger partial charge >= 0.3 is 0 Å². The van der Waals surface area contributed by atoms with E-state index >= 15 is 0 Å². The molecule has 0 aliphatic carbocycles. The monoisotopic (exact) mass is 360 g/mol. The van der Waals surface area contributed by atoms with Crippen LogP contribution in [0.25, 0.3) is 10.6 Å². The molecule has 0 saturated carbocycles. The van der Waals surface area contributed by atoms with E-state index in [9.17, 15) is 9.18 Å². The van der Waals surface area contributed by atoms with E-state index in [1.165, 1.54) is 17.4 Å². The number of hydrogen-bond donors (Lipinski definition) is 1. The molecule has 1 heterocycles. The molecule has 24 heavy (non-hydrogen) atoms. The van der Waals surface area contributed by atoms with E-state index in [0.29, 0.717) is 15.6 Å². The van der Waals surface area contributed by atoms with E-state index in [1.54, 1.807) is 38.1 Å². The minimum Gasteiger partial charge on any atom is -0.319 e. The second-order valence-corrected chi connectivity index (χ2v) is 6.81. The highest BCUT2D eigenvalue weighted by Crippen LogP contribution is 2.29. The lowest BCUT2D eigenvalue weighted by atomic mass is 10.2. The number of carbonyl (C=O) groups is 1. The highest BCUT2D eigenvalue weighted by molar-refractivity contribution is 7.17. The van der Waals surface area contributed by atoms with Gasteiger partial charge in [-0.3, -0.25) is 4.79 Å². The molecular weight excluding hydrogens is 347 g/mol. The minimum absolute atomic E-state index is 0.159. The zero-order chi connectivity index (χ0) is 17.3. The molecule has 2 aromatic carbocycles. The molecule has 1 amide bonds. The molecule has 0 aliphatic rings. The maximum absolute atomic E-state index is 13.9. The van der Waals surface area contributed by atoms with Gasteiger partial charge in [0.25, 0.3) is 5.91 Å². The summed E-state index contributed by atoms with van der Waals surface area (Å²) >= 11 is 7.15. The second-order valence-electron chi connectivity index (χ2n) is 5.38. The van der Waals surface area contributed by atoms with Crippen molar-refractivity contribution >= 4 is 34.5 Å². The van der Waals surface area contributed by atoms with Crippen LogP contribution in [-0.4, -0.2) is 10.9 Å². The third kappa shape index (κ3) is 3.47. The lowest BCUT2D eigenvalue weighted by Gasteiger charge is -2.06. The van der Waals surface area contributed by atoms with Gasteiger partial charge in [-0.05, 0) is 43.7 Å². The van der Waals surface area contributed by atoms with E-state index in [4.69, 9.17) is 11.6 Å². The van der Waals surface area contributed by atoms with Gasteiger partial charge in [-0.15, -0.1) is 11.3 Å². The molecule has 0 atom stereocenters. The van der Waals surface area contributed by atoms with Gasteiger partial charge in [0.2, 0.25) is 0 Å². The number of hydrogen-bond acceptors (Lipinski definition) is 3. The van der Waals surface area contributed by atoms with E-state index in [2.05, 4.69) is 10.3 Å². The van der Waals surface area contributed by atoms with Crippen LogP contribution in [0.2, 0.25) is 5.02 Å². The van der Waals surface area contributed by atoms with Gasteiger partial charge in [-0.25, -0.2) is 9.37 Å². The van der Waals surface area contributed by atoms with Gasteiger partial charge in [0, 0.05) is 10.6 Å². The molecular formula is C18H14ClFN2OS. The Bertz CT molecular complexity index is 906. The van der Waals surface area contributed by atoms with Crippen LogP contribution >= 0.6 is 22.9 Å². The number of benzene rings is 2. The minimum atomic E-state index is -0.455. The maximum Gasteiger partial charge on any atom is 0.267 e. The summed E-state index contributed by atoms with van der Waals surface area (Å²) in [6.45, 7) is 3.55. The molecule has 0 bridgehead atoms. The summed E-state index contributed by atoms with van der Waals surface area (Å²) in [5, 5.41) is 3.96. The summed E-state index contributed by atoms with van der Waals surface area (Å²) in [5.41, 5.74) is 2.44. The average Bonchev–Trinajstić information content (AvgIpc) is 2.93. The SMILES string of the molecule is Cc1ccc(NC(=O)c2sc(-c3ccc(Cl)cc3)nc2C)c(F)c1. The standard InChI is InChI=1S/C18H14ClFN2OS/c1-10-3-8-15(14(20)9-10)22-17(23)16-11(2)21-18(24-16)12-4-6-13(19)7-5-12/h3-9H,1-2H3,(H,22,23). The molecule has 0 aliphatic heterocycles. The molecule has 0 spiro atoms. The molecule has 122 valence electrons. The van der Waals surface area contributed by atoms with Gasteiger partial charge in [0.05, 0.1) is 11.4 Å². The number of halogens is 2. The quantitative estimate of drug-likeness (QED) is 0.672. The van der Waals surface area contributed by atoms with Gasteiger partial charge in [-0.2, -0.15) is 0 Å². The first-order chi connectivity index (χ1) is 11.4. The Morgan fingerprint density at radius 2 is 1.88 bits per heavy atom. The molecule has 0 unspecified atom stereocenters. The lowest BCUT2D eigenvalue weighted by Crippen LogP contribution is -2.12. The molecule has 0 fully saturated rings. The van der Waals surface area contributed by atoms with Crippen molar-refractivity contribution in [3.8, 4) is 10.6 Å². The van der Waals surface area contributed by atoms with Gasteiger partial charge < -0.3 is 5.32 Å². The van der Waals surface area contributed by atoms with Gasteiger partial charge in [-0.1, -0.05) is 29.8 Å². The van der Waals surface area contributed by atoms with Crippen LogP contribution in [0, 0.1) is 19.7 Å². The Morgan fingerprint density at radius 3 is 2.54 bits per heavy atom. The van der Waals surface area contributed by atoms with Crippen molar-refractivity contribution in [2.24, 2.45) is 0 Å².